The zero-order valence-corrected chi connectivity index (χ0v) is 19.8. The van der Waals surface area contributed by atoms with Crippen LogP contribution in [0.5, 0.6) is 17.2 Å². The van der Waals surface area contributed by atoms with Crippen LogP contribution in [0.4, 0.5) is 17.2 Å². The first-order chi connectivity index (χ1) is 16.8. The largest absolute Gasteiger partial charge is 0.504 e. The normalized spacial score (nSPS) is 13.7. The van der Waals surface area contributed by atoms with Crippen molar-refractivity contribution in [1.82, 2.24) is 4.98 Å². The van der Waals surface area contributed by atoms with E-state index in [1.807, 2.05) is 0 Å². The van der Waals surface area contributed by atoms with Crippen molar-refractivity contribution in [3.05, 3.63) is 64.8 Å². The fraction of sp³-hybridized carbons (Fsp3) is 0.192. The number of aromatic nitrogens is 1. The second-order valence-electron chi connectivity index (χ2n) is 7.73. The van der Waals surface area contributed by atoms with Crippen LogP contribution < -0.4 is 20.1 Å². The molecule has 0 fully saturated rings. The van der Waals surface area contributed by atoms with Gasteiger partial charge in [-0.25, -0.2) is 9.78 Å². The summed E-state index contributed by atoms with van der Waals surface area (Å²) in [5, 5.41) is 10.2. The summed E-state index contributed by atoms with van der Waals surface area (Å²) in [5.74, 6) is 0.140. The third-order valence-electron chi connectivity index (χ3n) is 5.64. The molecule has 0 bridgehead atoms. The number of nitrogen functional groups attached to an aromatic ring is 1. The SMILES string of the molecule is CCOC(=O)c1c(C)nc2c(c1N)/C(=C/c1ccc(OC)c(O)c1)C(=O)N2c1ccc(OC)cc1. The topological polar surface area (TPSA) is 124 Å². The lowest BCUT2D eigenvalue weighted by Gasteiger charge is -2.18. The lowest BCUT2D eigenvalue weighted by atomic mass is 10.00. The quantitative estimate of drug-likeness (QED) is 0.404. The number of benzene rings is 2. The van der Waals surface area contributed by atoms with E-state index in [4.69, 9.17) is 19.9 Å². The zero-order chi connectivity index (χ0) is 25.3. The maximum absolute atomic E-state index is 13.7. The maximum atomic E-state index is 13.7. The van der Waals surface area contributed by atoms with Crippen LogP contribution in [0.2, 0.25) is 0 Å². The first kappa shape index (κ1) is 23.6. The van der Waals surface area contributed by atoms with Gasteiger partial charge in [0, 0.05) is 0 Å². The maximum Gasteiger partial charge on any atom is 0.342 e. The van der Waals surface area contributed by atoms with Crippen molar-refractivity contribution in [1.29, 1.82) is 0 Å². The van der Waals surface area contributed by atoms with Gasteiger partial charge in [0.2, 0.25) is 0 Å². The summed E-state index contributed by atoms with van der Waals surface area (Å²) in [5.41, 5.74) is 8.65. The molecule has 35 heavy (non-hydrogen) atoms. The molecule has 3 N–H and O–H groups in total. The standard InChI is InChI=1S/C26H25N3O6/c1-5-35-26(32)21-14(2)28-24-22(23(21)27)18(12-15-6-11-20(34-4)19(30)13-15)25(31)29(24)16-7-9-17(33-3)10-8-16/h6-13,30H,5H2,1-4H3,(H2,27,28)/b18-12-. The molecule has 0 aliphatic carbocycles. The number of rotatable bonds is 6. The van der Waals surface area contributed by atoms with E-state index < -0.39 is 5.97 Å². The number of nitrogens with two attached hydrogens (primary N) is 1. The summed E-state index contributed by atoms with van der Waals surface area (Å²) < 4.78 is 15.5. The van der Waals surface area contributed by atoms with E-state index in [-0.39, 0.29) is 35.1 Å². The Morgan fingerprint density at radius 1 is 1.14 bits per heavy atom. The molecule has 0 saturated carbocycles. The minimum absolute atomic E-state index is 0.0817. The number of carbonyl (C=O) groups excluding carboxylic acids is 2. The number of fused-ring (bicyclic) bond motifs is 1. The molecule has 1 aromatic heterocycles. The van der Waals surface area contributed by atoms with Gasteiger partial charge in [0.25, 0.3) is 5.91 Å². The van der Waals surface area contributed by atoms with Gasteiger partial charge in [0.15, 0.2) is 17.3 Å². The number of esters is 1. The number of hydrogen-bond acceptors (Lipinski definition) is 8. The van der Waals surface area contributed by atoms with Crippen molar-refractivity contribution in [3.8, 4) is 17.2 Å². The molecule has 180 valence electrons. The molecular weight excluding hydrogens is 450 g/mol. The van der Waals surface area contributed by atoms with Gasteiger partial charge in [0.1, 0.15) is 11.3 Å². The third kappa shape index (κ3) is 4.12. The molecule has 2 heterocycles. The number of aryl methyl sites for hydroxylation is 1. The van der Waals surface area contributed by atoms with Crippen molar-refractivity contribution in [2.24, 2.45) is 0 Å². The summed E-state index contributed by atoms with van der Waals surface area (Å²) >= 11 is 0. The van der Waals surface area contributed by atoms with Gasteiger partial charge in [-0.05, 0) is 61.9 Å². The van der Waals surface area contributed by atoms with Crippen LogP contribution in [-0.4, -0.2) is 42.8 Å². The van der Waals surface area contributed by atoms with Crippen LogP contribution in [0.25, 0.3) is 11.6 Å². The first-order valence-electron chi connectivity index (χ1n) is 10.8. The van der Waals surface area contributed by atoms with Crippen molar-refractivity contribution in [2.45, 2.75) is 13.8 Å². The number of phenolic OH excluding ortho intramolecular Hbond substituents is 1. The predicted octanol–water partition coefficient (Wildman–Crippen LogP) is 4.09. The summed E-state index contributed by atoms with van der Waals surface area (Å²) in [4.78, 5) is 32.4. The Labute approximate surface area is 202 Å². The highest BCUT2D eigenvalue weighted by Crippen LogP contribution is 2.46. The zero-order valence-electron chi connectivity index (χ0n) is 19.8. The first-order valence-corrected chi connectivity index (χ1v) is 10.8. The molecule has 4 rings (SSSR count). The summed E-state index contributed by atoms with van der Waals surface area (Å²) in [6.45, 7) is 3.50. The van der Waals surface area contributed by atoms with Gasteiger partial charge in [0.05, 0.1) is 49.0 Å². The van der Waals surface area contributed by atoms with Crippen molar-refractivity contribution < 1.29 is 28.9 Å². The van der Waals surface area contributed by atoms with Gasteiger partial charge < -0.3 is 25.1 Å². The Bertz CT molecular complexity index is 1350. The molecule has 9 nitrogen and oxygen atoms in total. The number of carbonyl (C=O) groups is 2. The lowest BCUT2D eigenvalue weighted by Crippen LogP contribution is -2.21. The highest BCUT2D eigenvalue weighted by atomic mass is 16.5. The number of amides is 1. The summed E-state index contributed by atoms with van der Waals surface area (Å²) in [7, 11) is 3.00. The monoisotopic (exact) mass is 475 g/mol. The Kier molecular flexibility index (Phi) is 6.33. The Morgan fingerprint density at radius 2 is 1.86 bits per heavy atom. The average Bonchev–Trinajstić information content (AvgIpc) is 3.10. The van der Waals surface area contributed by atoms with Gasteiger partial charge in [-0.1, -0.05) is 6.07 Å². The van der Waals surface area contributed by atoms with Gasteiger partial charge in [-0.3, -0.25) is 9.69 Å². The van der Waals surface area contributed by atoms with E-state index in [1.54, 1.807) is 63.4 Å². The average molecular weight is 476 g/mol. The Morgan fingerprint density at radius 3 is 2.46 bits per heavy atom. The fourth-order valence-corrected chi connectivity index (χ4v) is 3.99. The molecule has 9 heteroatoms. The minimum atomic E-state index is -0.616. The van der Waals surface area contributed by atoms with E-state index in [2.05, 4.69) is 4.98 Å². The van der Waals surface area contributed by atoms with Crippen LogP contribution in [0, 0.1) is 6.92 Å². The van der Waals surface area contributed by atoms with E-state index in [0.717, 1.165) is 0 Å². The Hall–Kier alpha value is -4.53. The molecule has 0 saturated heterocycles. The fourth-order valence-electron chi connectivity index (χ4n) is 3.99. The second kappa shape index (κ2) is 9.38. The molecule has 0 atom stereocenters. The molecule has 3 aromatic rings. The van der Waals surface area contributed by atoms with Crippen molar-refractivity contribution in [3.63, 3.8) is 0 Å². The number of anilines is 3. The molecule has 0 spiro atoms. The van der Waals surface area contributed by atoms with E-state index >= 15 is 0 Å². The van der Waals surface area contributed by atoms with Crippen LogP contribution >= 0.6 is 0 Å². The second-order valence-corrected chi connectivity index (χ2v) is 7.73. The molecule has 2 aromatic carbocycles. The Balaban J connectivity index is 1.94. The number of phenols is 1. The molecule has 0 radical (unpaired) electrons. The number of methoxy groups -OCH3 is 2. The molecule has 0 unspecified atom stereocenters. The van der Waals surface area contributed by atoms with Crippen molar-refractivity contribution >= 4 is 40.7 Å². The van der Waals surface area contributed by atoms with Gasteiger partial charge in [-0.15, -0.1) is 0 Å². The number of ether oxygens (including phenoxy) is 3. The number of aromatic hydroxyl groups is 1. The van der Waals surface area contributed by atoms with Gasteiger partial charge in [-0.2, -0.15) is 0 Å². The van der Waals surface area contributed by atoms with E-state index in [9.17, 15) is 14.7 Å². The highest BCUT2D eigenvalue weighted by molar-refractivity contribution is 6.39. The predicted molar refractivity (Wildman–Crippen MR) is 132 cm³/mol. The van der Waals surface area contributed by atoms with E-state index in [0.29, 0.717) is 39.8 Å². The third-order valence-corrected chi connectivity index (χ3v) is 5.64. The number of nitrogens with zero attached hydrogens (tertiary/aromatic N) is 2. The molecule has 1 amide bonds. The smallest absolute Gasteiger partial charge is 0.342 e. The number of hydrogen-bond donors (Lipinski definition) is 2. The lowest BCUT2D eigenvalue weighted by molar-refractivity contribution is -0.112. The summed E-state index contributed by atoms with van der Waals surface area (Å²) in [6, 6.07) is 11.7. The van der Waals surface area contributed by atoms with Crippen LogP contribution in [-0.2, 0) is 9.53 Å². The molecule has 1 aliphatic heterocycles. The van der Waals surface area contributed by atoms with Crippen LogP contribution in [0.1, 0.15) is 34.1 Å². The number of pyridine rings is 1. The highest BCUT2D eigenvalue weighted by Gasteiger charge is 2.39. The van der Waals surface area contributed by atoms with Crippen LogP contribution in [0.15, 0.2) is 42.5 Å². The summed E-state index contributed by atoms with van der Waals surface area (Å²) in [6.07, 6.45) is 1.59. The molecule has 1 aliphatic rings. The van der Waals surface area contributed by atoms with Gasteiger partial charge >= 0.3 is 5.97 Å². The van der Waals surface area contributed by atoms with E-state index in [1.165, 1.54) is 18.1 Å². The van der Waals surface area contributed by atoms with Crippen molar-refractivity contribution in [2.75, 3.05) is 31.5 Å². The molecular formula is C26H25N3O6. The minimum Gasteiger partial charge on any atom is -0.504 e. The van der Waals surface area contributed by atoms with Crippen LogP contribution in [0.3, 0.4) is 0 Å².